The summed E-state index contributed by atoms with van der Waals surface area (Å²) in [6, 6.07) is 0. The van der Waals surface area contributed by atoms with Crippen LogP contribution in [0.4, 0.5) is 4.79 Å². The SMILES string of the molecule is CCCCCCCCCCCCCCCCCNC(=O)OC. The fourth-order valence-electron chi connectivity index (χ4n) is 2.76. The molecule has 0 aliphatic heterocycles. The van der Waals surface area contributed by atoms with Gasteiger partial charge in [-0.2, -0.15) is 0 Å². The maximum Gasteiger partial charge on any atom is 0.406 e. The molecule has 0 saturated carbocycles. The number of hydrogen-bond donors (Lipinski definition) is 1. The fraction of sp³-hybridized carbons (Fsp3) is 0.947. The number of rotatable bonds is 16. The molecule has 3 heteroatoms. The zero-order chi connectivity index (χ0) is 16.3. The van der Waals surface area contributed by atoms with E-state index in [1.165, 1.54) is 97.0 Å². The van der Waals surface area contributed by atoms with Crippen LogP contribution in [0.15, 0.2) is 0 Å². The lowest BCUT2D eigenvalue weighted by molar-refractivity contribution is 0.171. The highest BCUT2D eigenvalue weighted by molar-refractivity contribution is 5.66. The summed E-state index contributed by atoms with van der Waals surface area (Å²) in [6.07, 6.45) is 20.2. The van der Waals surface area contributed by atoms with Crippen molar-refractivity contribution >= 4 is 6.09 Å². The van der Waals surface area contributed by atoms with Crippen molar-refractivity contribution in [1.29, 1.82) is 0 Å². The molecule has 1 amide bonds. The van der Waals surface area contributed by atoms with Crippen LogP contribution in [0, 0.1) is 0 Å². The molecule has 0 aromatic carbocycles. The van der Waals surface area contributed by atoms with Crippen molar-refractivity contribution < 1.29 is 9.53 Å². The Kier molecular flexibility index (Phi) is 17.7. The second kappa shape index (κ2) is 18.3. The Morgan fingerprint density at radius 3 is 1.41 bits per heavy atom. The van der Waals surface area contributed by atoms with Gasteiger partial charge in [0.25, 0.3) is 0 Å². The molecule has 0 aromatic heterocycles. The Balaban J connectivity index is 2.98. The lowest BCUT2D eigenvalue weighted by Crippen LogP contribution is -2.23. The summed E-state index contributed by atoms with van der Waals surface area (Å²) in [6.45, 7) is 3.02. The van der Waals surface area contributed by atoms with Gasteiger partial charge in [0.1, 0.15) is 0 Å². The molecule has 0 fully saturated rings. The van der Waals surface area contributed by atoms with Crippen molar-refractivity contribution in [1.82, 2.24) is 5.32 Å². The predicted molar refractivity (Wildman–Crippen MR) is 95.3 cm³/mol. The summed E-state index contributed by atoms with van der Waals surface area (Å²) in [5.41, 5.74) is 0. The molecule has 0 radical (unpaired) electrons. The first-order valence-corrected chi connectivity index (χ1v) is 9.63. The van der Waals surface area contributed by atoms with E-state index < -0.39 is 0 Å². The Hall–Kier alpha value is -0.730. The van der Waals surface area contributed by atoms with Crippen molar-refractivity contribution in [3.05, 3.63) is 0 Å². The lowest BCUT2D eigenvalue weighted by atomic mass is 10.0. The topological polar surface area (TPSA) is 38.3 Å². The highest BCUT2D eigenvalue weighted by atomic mass is 16.5. The van der Waals surface area contributed by atoms with Crippen molar-refractivity contribution in [2.24, 2.45) is 0 Å². The monoisotopic (exact) mass is 313 g/mol. The first kappa shape index (κ1) is 21.3. The Morgan fingerprint density at radius 1 is 0.682 bits per heavy atom. The average molecular weight is 314 g/mol. The summed E-state index contributed by atoms with van der Waals surface area (Å²) >= 11 is 0. The van der Waals surface area contributed by atoms with E-state index in [-0.39, 0.29) is 6.09 Å². The van der Waals surface area contributed by atoms with Crippen LogP contribution in [-0.4, -0.2) is 19.7 Å². The van der Waals surface area contributed by atoms with Gasteiger partial charge in [-0.15, -0.1) is 0 Å². The van der Waals surface area contributed by atoms with E-state index in [0.29, 0.717) is 0 Å². The maximum absolute atomic E-state index is 10.8. The van der Waals surface area contributed by atoms with Crippen LogP contribution in [0.25, 0.3) is 0 Å². The molecule has 132 valence electrons. The molecule has 0 saturated heterocycles. The number of carbonyl (C=O) groups excluding carboxylic acids is 1. The molecule has 3 nitrogen and oxygen atoms in total. The third-order valence-corrected chi connectivity index (χ3v) is 4.24. The molecule has 0 rings (SSSR count). The quantitative estimate of drug-likeness (QED) is 0.344. The number of methoxy groups -OCH3 is 1. The largest absolute Gasteiger partial charge is 0.453 e. The highest BCUT2D eigenvalue weighted by Crippen LogP contribution is 2.13. The van der Waals surface area contributed by atoms with Gasteiger partial charge in [0.05, 0.1) is 7.11 Å². The maximum atomic E-state index is 10.8. The molecule has 1 N–H and O–H groups in total. The first-order chi connectivity index (χ1) is 10.8. The number of alkyl carbamates (subject to hydrolysis) is 1. The smallest absolute Gasteiger partial charge is 0.406 e. The van der Waals surface area contributed by atoms with Gasteiger partial charge in [-0.05, 0) is 6.42 Å². The van der Waals surface area contributed by atoms with Crippen LogP contribution in [0.1, 0.15) is 103 Å². The van der Waals surface area contributed by atoms with Gasteiger partial charge in [-0.3, -0.25) is 0 Å². The fourth-order valence-corrected chi connectivity index (χ4v) is 2.76. The second-order valence-electron chi connectivity index (χ2n) is 6.37. The molecular weight excluding hydrogens is 274 g/mol. The number of unbranched alkanes of at least 4 members (excludes halogenated alkanes) is 14. The van der Waals surface area contributed by atoms with Crippen molar-refractivity contribution in [2.75, 3.05) is 13.7 Å². The normalized spacial score (nSPS) is 10.6. The number of ether oxygens (including phenoxy) is 1. The summed E-state index contributed by atoms with van der Waals surface area (Å²) in [4.78, 5) is 10.8. The predicted octanol–water partition coefficient (Wildman–Crippen LogP) is 6.21. The molecule has 0 spiro atoms. The average Bonchev–Trinajstić information content (AvgIpc) is 2.54. The van der Waals surface area contributed by atoms with Gasteiger partial charge in [0.2, 0.25) is 0 Å². The zero-order valence-electron chi connectivity index (χ0n) is 15.1. The van der Waals surface area contributed by atoms with Gasteiger partial charge in [-0.1, -0.05) is 96.8 Å². The van der Waals surface area contributed by atoms with Gasteiger partial charge < -0.3 is 10.1 Å². The van der Waals surface area contributed by atoms with Crippen LogP contribution in [0.2, 0.25) is 0 Å². The van der Waals surface area contributed by atoms with E-state index in [9.17, 15) is 4.79 Å². The van der Waals surface area contributed by atoms with E-state index in [1.807, 2.05) is 0 Å². The van der Waals surface area contributed by atoms with Gasteiger partial charge in [-0.25, -0.2) is 4.79 Å². The van der Waals surface area contributed by atoms with Crippen LogP contribution < -0.4 is 5.32 Å². The molecule has 0 bridgehead atoms. The summed E-state index contributed by atoms with van der Waals surface area (Å²) in [5.74, 6) is 0. The van der Waals surface area contributed by atoms with Crippen LogP contribution in [0.5, 0.6) is 0 Å². The Labute approximate surface area is 138 Å². The summed E-state index contributed by atoms with van der Waals surface area (Å²) in [5, 5.41) is 2.72. The van der Waals surface area contributed by atoms with Crippen LogP contribution in [-0.2, 0) is 4.74 Å². The molecule has 22 heavy (non-hydrogen) atoms. The molecule has 0 aromatic rings. The number of carbonyl (C=O) groups is 1. The summed E-state index contributed by atoms with van der Waals surface area (Å²) < 4.78 is 4.52. The molecular formula is C19H39NO2. The number of hydrogen-bond acceptors (Lipinski definition) is 2. The van der Waals surface area contributed by atoms with E-state index in [0.717, 1.165) is 13.0 Å². The summed E-state index contributed by atoms with van der Waals surface area (Å²) in [7, 11) is 1.40. The van der Waals surface area contributed by atoms with Crippen molar-refractivity contribution in [3.8, 4) is 0 Å². The first-order valence-electron chi connectivity index (χ1n) is 9.63. The molecule has 0 aliphatic carbocycles. The molecule has 0 heterocycles. The van der Waals surface area contributed by atoms with E-state index >= 15 is 0 Å². The van der Waals surface area contributed by atoms with Gasteiger partial charge in [0, 0.05) is 6.54 Å². The van der Waals surface area contributed by atoms with E-state index in [4.69, 9.17) is 0 Å². The second-order valence-corrected chi connectivity index (χ2v) is 6.37. The standard InChI is InChI=1S/C19H39NO2/c1-3-4-5-6-7-8-9-10-11-12-13-14-15-16-17-18-20-19(21)22-2/h3-18H2,1-2H3,(H,20,21). The van der Waals surface area contributed by atoms with E-state index in [1.54, 1.807) is 0 Å². The third kappa shape index (κ3) is 17.3. The highest BCUT2D eigenvalue weighted by Gasteiger charge is 1.97. The number of nitrogens with one attached hydrogen (secondary N) is 1. The zero-order valence-corrected chi connectivity index (χ0v) is 15.1. The Bertz CT molecular complexity index is 231. The molecule has 0 aliphatic rings. The minimum atomic E-state index is -0.314. The number of amides is 1. The van der Waals surface area contributed by atoms with Crippen molar-refractivity contribution in [2.45, 2.75) is 103 Å². The van der Waals surface area contributed by atoms with E-state index in [2.05, 4.69) is 17.0 Å². The molecule has 0 unspecified atom stereocenters. The van der Waals surface area contributed by atoms with Crippen LogP contribution >= 0.6 is 0 Å². The van der Waals surface area contributed by atoms with Gasteiger partial charge >= 0.3 is 6.09 Å². The van der Waals surface area contributed by atoms with Crippen LogP contribution in [0.3, 0.4) is 0 Å². The van der Waals surface area contributed by atoms with Gasteiger partial charge in [0.15, 0.2) is 0 Å². The lowest BCUT2D eigenvalue weighted by Gasteiger charge is -2.04. The Morgan fingerprint density at radius 2 is 1.05 bits per heavy atom. The van der Waals surface area contributed by atoms with Crippen molar-refractivity contribution in [3.63, 3.8) is 0 Å². The third-order valence-electron chi connectivity index (χ3n) is 4.24. The molecule has 0 atom stereocenters. The minimum Gasteiger partial charge on any atom is -0.453 e. The minimum absolute atomic E-state index is 0.314.